The predicted octanol–water partition coefficient (Wildman–Crippen LogP) is 1.80. The van der Waals surface area contributed by atoms with Gasteiger partial charge in [0.05, 0.1) is 0 Å². The second-order valence-corrected chi connectivity index (χ2v) is 7.69. The van der Waals surface area contributed by atoms with Crippen molar-refractivity contribution in [2.24, 2.45) is 5.41 Å². The molecule has 1 fully saturated rings. The van der Waals surface area contributed by atoms with Crippen LogP contribution in [-0.2, 0) is 6.42 Å². The smallest absolute Gasteiger partial charge is 0.315 e. The van der Waals surface area contributed by atoms with Gasteiger partial charge in [-0.1, -0.05) is 13.8 Å². The minimum atomic E-state index is -0.0961. The maximum absolute atomic E-state index is 12.1. The van der Waals surface area contributed by atoms with E-state index < -0.39 is 0 Å². The molecule has 1 aromatic heterocycles. The third-order valence-electron chi connectivity index (χ3n) is 4.90. The van der Waals surface area contributed by atoms with E-state index in [1.165, 1.54) is 5.56 Å². The van der Waals surface area contributed by atoms with E-state index in [4.69, 9.17) is 5.11 Å². The van der Waals surface area contributed by atoms with Crippen LogP contribution in [0.4, 0.5) is 4.79 Å². The van der Waals surface area contributed by atoms with Gasteiger partial charge >= 0.3 is 6.03 Å². The summed E-state index contributed by atoms with van der Waals surface area (Å²) in [5.74, 6) is 0. The number of aromatic nitrogens is 1. The number of carbonyl (C=O) groups is 1. The number of aliphatic hydroxyl groups excluding tert-OH is 1. The topological polar surface area (TPSA) is 77.5 Å². The maximum atomic E-state index is 12.1. The van der Waals surface area contributed by atoms with Gasteiger partial charge < -0.3 is 20.6 Å². The highest BCUT2D eigenvalue weighted by molar-refractivity contribution is 5.74. The van der Waals surface area contributed by atoms with Gasteiger partial charge in [-0.15, -0.1) is 0 Å². The summed E-state index contributed by atoms with van der Waals surface area (Å²) in [7, 11) is 0. The van der Waals surface area contributed by atoms with Gasteiger partial charge in [-0.25, -0.2) is 4.79 Å². The second-order valence-electron chi connectivity index (χ2n) is 7.69. The Balaban J connectivity index is 1.62. The molecule has 3 N–H and O–H groups in total. The molecule has 2 rings (SSSR count). The van der Waals surface area contributed by atoms with Crippen molar-refractivity contribution in [1.82, 2.24) is 20.5 Å². The second kappa shape index (κ2) is 9.73. The highest BCUT2D eigenvalue weighted by Crippen LogP contribution is 2.18. The van der Waals surface area contributed by atoms with Crippen LogP contribution >= 0.6 is 0 Å². The molecule has 0 atom stereocenters. The van der Waals surface area contributed by atoms with Crippen LogP contribution in [-0.4, -0.2) is 59.8 Å². The van der Waals surface area contributed by atoms with E-state index in [1.807, 2.05) is 26.2 Å². The molecule has 1 saturated heterocycles. The largest absolute Gasteiger partial charge is 0.396 e. The Hall–Kier alpha value is -1.66. The minimum Gasteiger partial charge on any atom is -0.396 e. The molecule has 2 heterocycles. The van der Waals surface area contributed by atoms with E-state index in [0.29, 0.717) is 13.0 Å². The van der Waals surface area contributed by atoms with Crippen molar-refractivity contribution in [3.63, 3.8) is 0 Å². The van der Waals surface area contributed by atoms with Crippen LogP contribution in [0.1, 0.15) is 38.7 Å². The van der Waals surface area contributed by atoms with Crippen LogP contribution in [0, 0.1) is 5.41 Å². The first kappa shape index (κ1) is 19.7. The molecule has 140 valence electrons. The van der Waals surface area contributed by atoms with Gasteiger partial charge in [-0.3, -0.25) is 4.98 Å². The summed E-state index contributed by atoms with van der Waals surface area (Å²) in [5.41, 5.74) is 1.24. The van der Waals surface area contributed by atoms with Crippen LogP contribution in [0.3, 0.4) is 0 Å². The molecular weight excluding hydrogens is 316 g/mol. The average Bonchev–Trinajstić information content (AvgIpc) is 2.60. The number of hydrogen-bond donors (Lipinski definition) is 3. The summed E-state index contributed by atoms with van der Waals surface area (Å²) in [6.45, 7) is 7.91. The maximum Gasteiger partial charge on any atom is 0.315 e. The minimum absolute atomic E-state index is 0.0809. The quantitative estimate of drug-likeness (QED) is 0.669. The molecule has 6 nitrogen and oxygen atoms in total. The highest BCUT2D eigenvalue weighted by Gasteiger charge is 2.22. The average molecular weight is 348 g/mol. The van der Waals surface area contributed by atoms with Gasteiger partial charge in [0, 0.05) is 51.2 Å². The molecule has 1 aromatic rings. The molecule has 2 amide bonds. The van der Waals surface area contributed by atoms with E-state index in [0.717, 1.165) is 38.9 Å². The summed E-state index contributed by atoms with van der Waals surface area (Å²) in [5, 5.41) is 15.0. The number of pyridine rings is 1. The van der Waals surface area contributed by atoms with Crippen molar-refractivity contribution in [3.05, 3.63) is 30.1 Å². The van der Waals surface area contributed by atoms with Crippen molar-refractivity contribution in [2.45, 2.75) is 45.6 Å². The van der Waals surface area contributed by atoms with E-state index in [-0.39, 0.29) is 24.1 Å². The van der Waals surface area contributed by atoms with Crippen molar-refractivity contribution >= 4 is 6.03 Å². The lowest BCUT2D eigenvalue weighted by Gasteiger charge is -2.32. The van der Waals surface area contributed by atoms with E-state index >= 15 is 0 Å². The van der Waals surface area contributed by atoms with Crippen molar-refractivity contribution in [3.8, 4) is 0 Å². The number of carbonyl (C=O) groups excluding carboxylic acids is 1. The van der Waals surface area contributed by atoms with Gasteiger partial charge in [-0.2, -0.15) is 0 Å². The normalized spacial score (nSPS) is 16.6. The molecular formula is C19H32N4O2. The van der Waals surface area contributed by atoms with Gasteiger partial charge in [0.25, 0.3) is 0 Å². The molecule has 25 heavy (non-hydrogen) atoms. The van der Waals surface area contributed by atoms with E-state index in [9.17, 15) is 4.79 Å². The molecule has 0 aliphatic carbocycles. The Morgan fingerprint density at radius 1 is 1.32 bits per heavy atom. The Labute approximate surface area is 151 Å². The zero-order valence-electron chi connectivity index (χ0n) is 15.5. The number of amides is 2. The Bertz CT molecular complexity index is 513. The van der Waals surface area contributed by atoms with Gasteiger partial charge in [0.1, 0.15) is 0 Å². The third kappa shape index (κ3) is 7.40. The number of hydrogen-bond acceptors (Lipinski definition) is 4. The Morgan fingerprint density at radius 2 is 2.00 bits per heavy atom. The zero-order chi connectivity index (χ0) is 18.1. The highest BCUT2D eigenvalue weighted by atomic mass is 16.3. The Morgan fingerprint density at radius 3 is 2.64 bits per heavy atom. The molecule has 0 aromatic carbocycles. The number of nitrogens with zero attached hydrogens (tertiary/aromatic N) is 2. The van der Waals surface area contributed by atoms with Crippen molar-refractivity contribution < 1.29 is 9.90 Å². The predicted molar refractivity (Wildman–Crippen MR) is 99.4 cm³/mol. The van der Waals surface area contributed by atoms with Crippen molar-refractivity contribution in [1.29, 1.82) is 0 Å². The fourth-order valence-electron chi connectivity index (χ4n) is 3.08. The standard InChI is InChI=1S/C19H32N4O2/c1-19(2,8-14-24)15-21-18(25)22-17-6-12-23(13-7-17)11-5-16-3-9-20-10-4-16/h3-4,9-10,17,24H,5-8,11-15H2,1-2H3,(H2,21,22,25). The summed E-state index contributed by atoms with van der Waals surface area (Å²) >= 11 is 0. The van der Waals surface area contributed by atoms with Crippen LogP contribution < -0.4 is 10.6 Å². The fraction of sp³-hybridized carbons (Fsp3) is 0.684. The molecule has 0 spiro atoms. The molecule has 0 bridgehead atoms. The molecule has 0 unspecified atom stereocenters. The van der Waals surface area contributed by atoms with E-state index in [1.54, 1.807) is 0 Å². The lowest BCUT2D eigenvalue weighted by atomic mass is 9.90. The summed E-state index contributed by atoms with van der Waals surface area (Å²) in [6, 6.07) is 4.28. The number of likely N-dealkylation sites (tertiary alicyclic amines) is 1. The van der Waals surface area contributed by atoms with Gasteiger partial charge in [0.15, 0.2) is 0 Å². The monoisotopic (exact) mass is 348 g/mol. The zero-order valence-corrected chi connectivity index (χ0v) is 15.5. The number of aliphatic hydroxyl groups is 1. The van der Waals surface area contributed by atoms with E-state index in [2.05, 4.69) is 32.7 Å². The summed E-state index contributed by atoms with van der Waals surface area (Å²) in [4.78, 5) is 18.6. The number of piperidine rings is 1. The number of urea groups is 1. The molecule has 0 saturated carbocycles. The van der Waals surface area contributed by atoms with Crippen LogP contribution in [0.15, 0.2) is 24.5 Å². The van der Waals surface area contributed by atoms with Gasteiger partial charge in [-0.05, 0) is 48.8 Å². The van der Waals surface area contributed by atoms with Crippen molar-refractivity contribution in [2.75, 3.05) is 32.8 Å². The lowest BCUT2D eigenvalue weighted by molar-refractivity contribution is 0.186. The SMILES string of the molecule is CC(C)(CCO)CNC(=O)NC1CCN(CCc2ccncc2)CC1. The molecule has 1 aliphatic heterocycles. The third-order valence-corrected chi connectivity index (χ3v) is 4.90. The first-order valence-corrected chi connectivity index (χ1v) is 9.25. The van der Waals surface area contributed by atoms with Crippen LogP contribution in [0.5, 0.6) is 0 Å². The summed E-state index contributed by atoms with van der Waals surface area (Å²) < 4.78 is 0. The Kier molecular flexibility index (Phi) is 7.65. The lowest BCUT2D eigenvalue weighted by Crippen LogP contribution is -2.49. The van der Waals surface area contributed by atoms with Crippen LogP contribution in [0.25, 0.3) is 0 Å². The first-order chi connectivity index (χ1) is 12.0. The summed E-state index contributed by atoms with van der Waals surface area (Å²) in [6.07, 6.45) is 7.38. The molecule has 1 aliphatic rings. The molecule has 6 heteroatoms. The molecule has 0 radical (unpaired) electrons. The van der Waals surface area contributed by atoms with Crippen LogP contribution in [0.2, 0.25) is 0 Å². The number of nitrogens with one attached hydrogen (secondary N) is 2. The number of rotatable bonds is 8. The van der Waals surface area contributed by atoms with Gasteiger partial charge in [0.2, 0.25) is 0 Å². The first-order valence-electron chi connectivity index (χ1n) is 9.25. The fourth-order valence-corrected chi connectivity index (χ4v) is 3.08.